The summed E-state index contributed by atoms with van der Waals surface area (Å²) in [4.78, 5) is 52.4. The van der Waals surface area contributed by atoms with Crippen molar-refractivity contribution in [3.8, 4) is 0 Å². The number of H-pyrrole nitrogens is 1. The number of aliphatic hydroxyl groups excluding tert-OH is 1. The van der Waals surface area contributed by atoms with Crippen molar-refractivity contribution in [2.24, 2.45) is 0 Å². The molecular weight excluding hydrogens is 620 g/mol. The van der Waals surface area contributed by atoms with Crippen molar-refractivity contribution in [2.75, 3.05) is 24.7 Å². The van der Waals surface area contributed by atoms with Gasteiger partial charge < -0.3 is 35.5 Å². The number of nitrogen functional groups attached to an aromatic ring is 2. The minimum absolute atomic E-state index is 0.150. The Morgan fingerprint density at radius 1 is 1.23 bits per heavy atom. The summed E-state index contributed by atoms with van der Waals surface area (Å²) in [5, 5.41) is 17.2. The molecule has 7 rings (SSSR count). The highest BCUT2D eigenvalue weighted by Gasteiger charge is 2.62. The number of ether oxygens (including phenoxy) is 2. The molecule has 3 fully saturated rings. The number of aromatic nitrogens is 9. The molecule has 20 nitrogen and oxygen atoms in total. The largest absolute Gasteiger partial charge is 0.394 e. The van der Waals surface area contributed by atoms with E-state index in [1.54, 1.807) is 11.5 Å². The zero-order valence-electron chi connectivity index (χ0n) is 21.8. The Morgan fingerprint density at radius 2 is 2.05 bits per heavy atom. The summed E-state index contributed by atoms with van der Waals surface area (Å²) in [5.41, 5.74) is 10.00. The number of nitrogens with two attached hydrogens (primary N) is 2. The molecule has 4 aromatic heterocycles. The molecule has 7 N–H and O–H groups in total. The molecule has 0 aromatic carbocycles. The van der Waals surface area contributed by atoms with Gasteiger partial charge in [-0.05, 0) is 18.7 Å². The first kappa shape index (κ1) is 28.5. The van der Waals surface area contributed by atoms with E-state index in [0.29, 0.717) is 11.2 Å². The number of anilines is 2. The van der Waals surface area contributed by atoms with Gasteiger partial charge in [-0.3, -0.25) is 18.9 Å². The first-order valence-corrected chi connectivity index (χ1v) is 15.2. The lowest BCUT2D eigenvalue weighted by Gasteiger charge is -2.36. The fourth-order valence-corrected chi connectivity index (χ4v) is 6.66. The second-order valence-electron chi connectivity index (χ2n) is 10.1. The standard InChI is InChI=1S/C20H23FN11O9PS/c1-20(12-11(39-40-12)17(38-20)31-5-26-8-13(22)24-4-25-14(8)31)3-36-42(35,43)41-10-7(21)6(2-33)37-18(10)32-15-9(29-30-32)16(34)28-19(23)27-15/h4-7,10-12,17-18,33H,2-3H2,1H3,(H,35,43)(H2,22,24,25)(H3,23,27,28,34)/t6-,7+,10-,11-,12+,17-,18-,20?,42?/m1/s1. The van der Waals surface area contributed by atoms with E-state index in [1.165, 1.54) is 12.7 Å². The maximum Gasteiger partial charge on any atom is 0.325 e. The van der Waals surface area contributed by atoms with Crippen molar-refractivity contribution in [1.82, 2.24) is 44.5 Å². The van der Waals surface area contributed by atoms with Crippen molar-refractivity contribution in [1.29, 1.82) is 0 Å². The maximum absolute atomic E-state index is 15.4. The number of nitrogens with one attached hydrogen (secondary N) is 1. The van der Waals surface area contributed by atoms with E-state index in [-0.39, 0.29) is 29.5 Å². The van der Waals surface area contributed by atoms with Crippen LogP contribution in [0, 0.1) is 0 Å². The van der Waals surface area contributed by atoms with Crippen LogP contribution in [-0.2, 0) is 40.1 Å². The van der Waals surface area contributed by atoms with Crippen molar-refractivity contribution in [2.45, 2.75) is 55.6 Å². The molecule has 7 heterocycles. The number of aromatic amines is 1. The lowest BCUT2D eigenvalue weighted by atomic mass is 9.97. The summed E-state index contributed by atoms with van der Waals surface area (Å²) in [6.07, 6.45) is -5.85. The Balaban J connectivity index is 1.11. The van der Waals surface area contributed by atoms with Gasteiger partial charge in [0.25, 0.3) is 5.56 Å². The summed E-state index contributed by atoms with van der Waals surface area (Å²) >= 11 is 5.21. The van der Waals surface area contributed by atoms with Gasteiger partial charge >= 0.3 is 6.72 Å². The molecule has 23 heteroatoms. The topological polar surface area (TPSA) is 268 Å². The zero-order chi connectivity index (χ0) is 30.3. The van der Waals surface area contributed by atoms with Crippen LogP contribution < -0.4 is 17.0 Å². The van der Waals surface area contributed by atoms with E-state index in [9.17, 15) is 14.8 Å². The molecule has 3 aliphatic rings. The fourth-order valence-electron chi connectivity index (χ4n) is 5.19. The van der Waals surface area contributed by atoms with Crippen LogP contribution in [0.15, 0.2) is 17.4 Å². The lowest BCUT2D eigenvalue weighted by Crippen LogP contribution is -2.53. The predicted octanol–water partition coefficient (Wildman–Crippen LogP) is -1.65. The number of hydrogen-bond donors (Lipinski definition) is 5. The minimum atomic E-state index is -4.25. The molecule has 4 aromatic rings. The zero-order valence-corrected chi connectivity index (χ0v) is 23.5. The van der Waals surface area contributed by atoms with E-state index in [2.05, 4.69) is 35.2 Å². The van der Waals surface area contributed by atoms with Crippen LogP contribution in [0.1, 0.15) is 19.4 Å². The van der Waals surface area contributed by atoms with Crippen molar-refractivity contribution in [3.63, 3.8) is 0 Å². The Bertz CT molecular complexity index is 1830. The average Bonchev–Trinajstić information content (AvgIpc) is 3.66. The average molecular weight is 644 g/mol. The summed E-state index contributed by atoms with van der Waals surface area (Å²) in [5.74, 6) is -0.0760. The summed E-state index contributed by atoms with van der Waals surface area (Å²) in [7, 11) is 0. The normalized spacial score (nSPS) is 33.5. The van der Waals surface area contributed by atoms with Gasteiger partial charge in [0.1, 0.15) is 29.7 Å². The highest BCUT2D eigenvalue weighted by Crippen LogP contribution is 2.53. The third-order valence-corrected chi connectivity index (χ3v) is 8.85. The third-order valence-electron chi connectivity index (χ3n) is 7.31. The predicted molar refractivity (Wildman–Crippen MR) is 142 cm³/mol. The van der Waals surface area contributed by atoms with Gasteiger partial charge in [-0.1, -0.05) is 5.21 Å². The molecule has 0 aliphatic carbocycles. The number of imidazole rings is 1. The molecule has 0 saturated carbocycles. The molecule has 0 spiro atoms. The number of nitrogens with zero attached hydrogens (tertiary/aromatic N) is 8. The van der Waals surface area contributed by atoms with Crippen LogP contribution in [0.3, 0.4) is 0 Å². The smallest absolute Gasteiger partial charge is 0.325 e. The summed E-state index contributed by atoms with van der Waals surface area (Å²) < 4.78 is 41.0. The van der Waals surface area contributed by atoms with E-state index >= 15 is 4.39 Å². The number of alkyl halides is 1. The second kappa shape index (κ2) is 10.1. The Labute approximate surface area is 243 Å². The molecule has 0 bridgehead atoms. The molecule has 0 radical (unpaired) electrons. The first-order valence-electron chi connectivity index (χ1n) is 12.6. The maximum atomic E-state index is 15.4. The fraction of sp³-hybridized carbons (Fsp3) is 0.550. The van der Waals surface area contributed by atoms with E-state index in [1.807, 2.05) is 0 Å². The van der Waals surface area contributed by atoms with Gasteiger partial charge in [0.05, 0.1) is 19.5 Å². The SMILES string of the molecule is CC1(COP(O)(=S)O[C@@H]2[C@@H](F)[C@@H](CO)O[C@H]2n2nnc3c(=O)[nH]c(N)nc32)O[C@@H](n2cnc3c(N)ncnc32)[C@@H]2OO[C@@H]21. The molecular formula is C20H23FN11O9PS. The van der Waals surface area contributed by atoms with Gasteiger partial charge in [-0.25, -0.2) is 29.1 Å². The second-order valence-corrected chi connectivity index (χ2v) is 12.9. The van der Waals surface area contributed by atoms with Gasteiger partial charge in [0, 0.05) is 0 Å². The number of rotatable bonds is 8. The number of aliphatic hydroxyl groups is 1. The monoisotopic (exact) mass is 643 g/mol. The highest BCUT2D eigenvalue weighted by molar-refractivity contribution is 8.07. The van der Waals surface area contributed by atoms with E-state index in [4.69, 9.17) is 51.6 Å². The molecule has 0 amide bonds. The quantitative estimate of drug-likeness (QED) is 0.106. The van der Waals surface area contributed by atoms with Crippen molar-refractivity contribution >= 4 is 52.6 Å². The summed E-state index contributed by atoms with van der Waals surface area (Å²) in [6, 6.07) is 0. The van der Waals surface area contributed by atoms with E-state index in [0.717, 1.165) is 4.68 Å². The Kier molecular flexibility index (Phi) is 6.70. The molecule has 2 unspecified atom stereocenters. The molecule has 3 saturated heterocycles. The van der Waals surface area contributed by atoms with Gasteiger partial charge in [0.2, 0.25) is 5.95 Å². The summed E-state index contributed by atoms with van der Waals surface area (Å²) in [6.45, 7) is -3.73. The molecule has 3 aliphatic heterocycles. The van der Waals surface area contributed by atoms with Crippen LogP contribution >= 0.6 is 6.72 Å². The lowest BCUT2D eigenvalue weighted by molar-refractivity contribution is -0.468. The first-order chi connectivity index (χ1) is 20.5. The Morgan fingerprint density at radius 3 is 2.79 bits per heavy atom. The van der Waals surface area contributed by atoms with Crippen LogP contribution in [-0.4, -0.2) is 104 Å². The van der Waals surface area contributed by atoms with Gasteiger partial charge in [0.15, 0.2) is 53.5 Å². The molecule has 9 atom stereocenters. The number of halogens is 1. The number of hydrogen-bond acceptors (Lipinski definition) is 17. The Hall–Kier alpha value is -3.31. The third kappa shape index (κ3) is 4.58. The minimum Gasteiger partial charge on any atom is -0.394 e. The van der Waals surface area contributed by atoms with Gasteiger partial charge in [-0.2, -0.15) is 9.67 Å². The highest BCUT2D eigenvalue weighted by atomic mass is 32.5. The van der Waals surface area contributed by atoms with Crippen molar-refractivity contribution in [3.05, 3.63) is 23.0 Å². The number of fused-ring (bicyclic) bond motifs is 3. The van der Waals surface area contributed by atoms with Crippen LogP contribution in [0.2, 0.25) is 0 Å². The molecule has 230 valence electrons. The van der Waals surface area contributed by atoms with Crippen molar-refractivity contribution < 1.29 is 42.7 Å². The van der Waals surface area contributed by atoms with E-state index < -0.39 is 67.5 Å². The van der Waals surface area contributed by atoms with Gasteiger partial charge in [-0.15, -0.1) is 5.10 Å². The molecule has 43 heavy (non-hydrogen) atoms. The van der Waals surface area contributed by atoms with Crippen LogP contribution in [0.5, 0.6) is 0 Å². The van der Waals surface area contributed by atoms with Crippen LogP contribution in [0.4, 0.5) is 16.2 Å². The van der Waals surface area contributed by atoms with Crippen LogP contribution in [0.25, 0.3) is 22.3 Å².